The molecule has 0 amide bonds. The highest BCUT2D eigenvalue weighted by Crippen LogP contribution is 2.15. The summed E-state index contributed by atoms with van der Waals surface area (Å²) in [5, 5.41) is 8.93. The molecule has 0 saturated heterocycles. The maximum atomic E-state index is 8.93. The highest BCUT2D eigenvalue weighted by molar-refractivity contribution is 5.39. The molecule has 5 N–H and O–H groups in total. The number of aliphatic hydroxyl groups excluding tert-OH is 1. The number of pyridine rings is 1. The SMILES string of the molecule is CC(N)(CO)c1cc(N)ccn1. The third-order valence-electron chi connectivity index (χ3n) is 1.70. The van der Waals surface area contributed by atoms with Gasteiger partial charge in [0.2, 0.25) is 0 Å². The van der Waals surface area contributed by atoms with Gasteiger partial charge in [0, 0.05) is 11.9 Å². The molecule has 12 heavy (non-hydrogen) atoms. The molecule has 0 aromatic carbocycles. The van der Waals surface area contributed by atoms with Crippen molar-refractivity contribution in [1.82, 2.24) is 4.98 Å². The summed E-state index contributed by atoms with van der Waals surface area (Å²) in [7, 11) is 0. The van der Waals surface area contributed by atoms with E-state index in [1.807, 2.05) is 0 Å². The van der Waals surface area contributed by atoms with Gasteiger partial charge in [-0.05, 0) is 19.1 Å². The van der Waals surface area contributed by atoms with Crippen LogP contribution in [0, 0.1) is 0 Å². The van der Waals surface area contributed by atoms with E-state index in [2.05, 4.69) is 4.98 Å². The first-order valence-corrected chi connectivity index (χ1v) is 3.68. The Labute approximate surface area is 71.2 Å². The highest BCUT2D eigenvalue weighted by Gasteiger charge is 2.21. The van der Waals surface area contributed by atoms with Gasteiger partial charge in [0.1, 0.15) is 0 Å². The summed E-state index contributed by atoms with van der Waals surface area (Å²) in [4.78, 5) is 4.02. The molecule has 1 aromatic rings. The number of hydrogen-bond donors (Lipinski definition) is 3. The highest BCUT2D eigenvalue weighted by atomic mass is 16.3. The monoisotopic (exact) mass is 167 g/mol. The molecule has 0 aliphatic rings. The number of aromatic nitrogens is 1. The van der Waals surface area contributed by atoms with E-state index in [9.17, 15) is 0 Å². The van der Waals surface area contributed by atoms with Gasteiger partial charge in [-0.1, -0.05) is 0 Å². The van der Waals surface area contributed by atoms with Crippen LogP contribution >= 0.6 is 0 Å². The Hall–Kier alpha value is -1.13. The molecule has 0 aliphatic heterocycles. The van der Waals surface area contributed by atoms with Crippen molar-refractivity contribution in [2.75, 3.05) is 12.3 Å². The smallest absolute Gasteiger partial charge is 0.0789 e. The van der Waals surface area contributed by atoms with Gasteiger partial charge in [0.25, 0.3) is 0 Å². The predicted molar refractivity (Wildman–Crippen MR) is 47.3 cm³/mol. The van der Waals surface area contributed by atoms with Gasteiger partial charge in [0.05, 0.1) is 17.8 Å². The molecule has 0 aliphatic carbocycles. The molecule has 1 aromatic heterocycles. The third kappa shape index (κ3) is 1.72. The second-order valence-electron chi connectivity index (χ2n) is 3.05. The third-order valence-corrected chi connectivity index (χ3v) is 1.70. The van der Waals surface area contributed by atoms with E-state index >= 15 is 0 Å². The number of rotatable bonds is 2. The molecule has 4 nitrogen and oxygen atoms in total. The van der Waals surface area contributed by atoms with E-state index < -0.39 is 5.54 Å². The second-order valence-corrected chi connectivity index (χ2v) is 3.05. The Kier molecular flexibility index (Phi) is 2.30. The Bertz CT molecular complexity index is 273. The molecule has 0 radical (unpaired) electrons. The van der Waals surface area contributed by atoms with Gasteiger partial charge in [-0.2, -0.15) is 0 Å². The lowest BCUT2D eigenvalue weighted by Gasteiger charge is -2.20. The predicted octanol–water partition coefficient (Wildman–Crippen LogP) is -0.170. The fourth-order valence-corrected chi connectivity index (χ4v) is 0.840. The molecule has 1 atom stereocenters. The number of anilines is 1. The lowest BCUT2D eigenvalue weighted by molar-refractivity contribution is 0.207. The van der Waals surface area contributed by atoms with E-state index in [0.717, 1.165) is 0 Å². The minimum atomic E-state index is -0.810. The van der Waals surface area contributed by atoms with Crippen LogP contribution in [-0.4, -0.2) is 16.7 Å². The zero-order valence-electron chi connectivity index (χ0n) is 6.99. The van der Waals surface area contributed by atoms with E-state index in [1.165, 1.54) is 0 Å². The van der Waals surface area contributed by atoms with Gasteiger partial charge >= 0.3 is 0 Å². The van der Waals surface area contributed by atoms with Crippen molar-refractivity contribution in [2.45, 2.75) is 12.5 Å². The lowest BCUT2D eigenvalue weighted by atomic mass is 10.00. The fourth-order valence-electron chi connectivity index (χ4n) is 0.840. The Morgan fingerprint density at radius 1 is 1.67 bits per heavy atom. The van der Waals surface area contributed by atoms with Gasteiger partial charge in [-0.25, -0.2) is 0 Å². The summed E-state index contributed by atoms with van der Waals surface area (Å²) in [5.74, 6) is 0. The zero-order chi connectivity index (χ0) is 9.19. The normalized spacial score (nSPS) is 15.6. The maximum Gasteiger partial charge on any atom is 0.0789 e. The first kappa shape index (κ1) is 8.96. The van der Waals surface area contributed by atoms with Crippen LogP contribution < -0.4 is 11.5 Å². The minimum Gasteiger partial charge on any atom is -0.399 e. The van der Waals surface area contributed by atoms with E-state index in [-0.39, 0.29) is 6.61 Å². The summed E-state index contributed by atoms with van der Waals surface area (Å²) >= 11 is 0. The number of aliphatic hydroxyl groups is 1. The largest absolute Gasteiger partial charge is 0.399 e. The lowest BCUT2D eigenvalue weighted by Crippen LogP contribution is -2.37. The van der Waals surface area contributed by atoms with Gasteiger partial charge in [-0.15, -0.1) is 0 Å². The van der Waals surface area contributed by atoms with Crippen molar-refractivity contribution in [1.29, 1.82) is 0 Å². The molecular formula is C8H13N3O. The molecule has 1 heterocycles. The number of nitrogens with two attached hydrogens (primary N) is 2. The van der Waals surface area contributed by atoms with Crippen LogP contribution in [0.25, 0.3) is 0 Å². The summed E-state index contributed by atoms with van der Waals surface area (Å²) in [6.45, 7) is 1.55. The minimum absolute atomic E-state index is 0.149. The Morgan fingerprint density at radius 2 is 2.33 bits per heavy atom. The molecular weight excluding hydrogens is 154 g/mol. The average Bonchev–Trinajstić information content (AvgIpc) is 2.05. The van der Waals surface area contributed by atoms with Gasteiger partial charge in [-0.3, -0.25) is 4.98 Å². The van der Waals surface area contributed by atoms with E-state index in [4.69, 9.17) is 16.6 Å². The molecule has 66 valence electrons. The van der Waals surface area contributed by atoms with Crippen LogP contribution in [0.2, 0.25) is 0 Å². The van der Waals surface area contributed by atoms with Crippen LogP contribution in [0.3, 0.4) is 0 Å². The standard InChI is InChI=1S/C8H13N3O/c1-8(10,5-12)7-4-6(9)2-3-11-7/h2-4,12H,5,10H2,1H3,(H2,9,11). The van der Waals surface area contributed by atoms with Crippen LogP contribution in [0.4, 0.5) is 5.69 Å². The Morgan fingerprint density at radius 3 is 2.83 bits per heavy atom. The van der Waals surface area contributed by atoms with Crippen LogP contribution in [0.15, 0.2) is 18.3 Å². The quantitative estimate of drug-likeness (QED) is 0.571. The average molecular weight is 167 g/mol. The molecule has 4 heteroatoms. The first-order chi connectivity index (χ1) is 5.56. The second kappa shape index (κ2) is 3.08. The summed E-state index contributed by atoms with van der Waals surface area (Å²) in [6, 6.07) is 3.34. The van der Waals surface area contributed by atoms with Crippen LogP contribution in [0.1, 0.15) is 12.6 Å². The maximum absolute atomic E-state index is 8.93. The van der Waals surface area contributed by atoms with E-state index in [0.29, 0.717) is 11.4 Å². The number of nitrogens with zero attached hydrogens (tertiary/aromatic N) is 1. The summed E-state index contributed by atoms with van der Waals surface area (Å²) in [5.41, 5.74) is 11.7. The fraction of sp³-hybridized carbons (Fsp3) is 0.375. The van der Waals surface area contributed by atoms with Crippen molar-refractivity contribution >= 4 is 5.69 Å². The molecule has 1 rings (SSSR count). The molecule has 0 spiro atoms. The number of nitrogen functional groups attached to an aromatic ring is 1. The van der Waals surface area contributed by atoms with Gasteiger partial charge in [0.15, 0.2) is 0 Å². The summed E-state index contributed by atoms with van der Waals surface area (Å²) < 4.78 is 0. The van der Waals surface area contributed by atoms with Crippen molar-refractivity contribution in [3.8, 4) is 0 Å². The molecule has 0 saturated carbocycles. The zero-order valence-corrected chi connectivity index (χ0v) is 6.99. The van der Waals surface area contributed by atoms with Crippen LogP contribution in [0.5, 0.6) is 0 Å². The number of hydrogen-bond acceptors (Lipinski definition) is 4. The van der Waals surface area contributed by atoms with E-state index in [1.54, 1.807) is 25.3 Å². The first-order valence-electron chi connectivity index (χ1n) is 3.68. The van der Waals surface area contributed by atoms with Crippen molar-refractivity contribution < 1.29 is 5.11 Å². The topological polar surface area (TPSA) is 85.2 Å². The van der Waals surface area contributed by atoms with Gasteiger partial charge < -0.3 is 16.6 Å². The Balaban J connectivity index is 3.03. The van der Waals surface area contributed by atoms with Crippen LogP contribution in [-0.2, 0) is 5.54 Å². The van der Waals surface area contributed by atoms with Crippen molar-refractivity contribution in [2.24, 2.45) is 5.73 Å². The molecule has 0 bridgehead atoms. The molecule has 1 unspecified atom stereocenters. The van der Waals surface area contributed by atoms with Crippen molar-refractivity contribution in [3.63, 3.8) is 0 Å². The van der Waals surface area contributed by atoms with Crippen molar-refractivity contribution in [3.05, 3.63) is 24.0 Å². The molecule has 0 fully saturated rings. The summed E-state index contributed by atoms with van der Waals surface area (Å²) in [6.07, 6.45) is 1.57.